The highest BCUT2D eigenvalue weighted by Crippen LogP contribution is 2.36. The molecule has 0 fully saturated rings. The zero-order valence-corrected chi connectivity index (χ0v) is 14.6. The molecular formula is C20H17NO6. The Morgan fingerprint density at radius 3 is 2.67 bits per heavy atom. The Balaban J connectivity index is 1.79. The summed E-state index contributed by atoms with van der Waals surface area (Å²) in [5, 5.41) is 0.769. The van der Waals surface area contributed by atoms with Gasteiger partial charge in [-0.25, -0.2) is 4.79 Å². The van der Waals surface area contributed by atoms with Gasteiger partial charge in [0.15, 0.2) is 18.1 Å². The topological polar surface area (TPSA) is 101 Å². The number of primary amides is 1. The van der Waals surface area contributed by atoms with Crippen molar-refractivity contribution in [2.24, 2.45) is 5.73 Å². The van der Waals surface area contributed by atoms with Gasteiger partial charge in [-0.05, 0) is 42.3 Å². The van der Waals surface area contributed by atoms with Crippen LogP contribution in [-0.2, 0) is 4.79 Å². The first-order chi connectivity index (χ1) is 13.0. The van der Waals surface area contributed by atoms with Crippen LogP contribution in [0.1, 0.15) is 5.56 Å². The van der Waals surface area contributed by atoms with E-state index in [4.69, 9.17) is 24.4 Å². The molecule has 1 aromatic heterocycles. The largest absolute Gasteiger partial charge is 0.486 e. The van der Waals surface area contributed by atoms with E-state index in [9.17, 15) is 9.59 Å². The van der Waals surface area contributed by atoms with Crippen molar-refractivity contribution in [3.05, 3.63) is 52.4 Å². The van der Waals surface area contributed by atoms with Gasteiger partial charge in [0.1, 0.15) is 24.5 Å². The second kappa shape index (κ2) is 6.68. The summed E-state index contributed by atoms with van der Waals surface area (Å²) < 4.78 is 21.9. The SMILES string of the molecule is Cc1c(-c2ccc3c(c2)OCCO3)c(=O)oc2cc(OCC(N)=O)ccc12. The first kappa shape index (κ1) is 17.0. The number of hydrogen-bond donors (Lipinski definition) is 1. The molecule has 1 aliphatic heterocycles. The maximum absolute atomic E-state index is 12.6. The van der Waals surface area contributed by atoms with Crippen molar-refractivity contribution in [2.45, 2.75) is 6.92 Å². The Morgan fingerprint density at radius 2 is 1.89 bits per heavy atom. The zero-order chi connectivity index (χ0) is 19.0. The van der Waals surface area contributed by atoms with Crippen LogP contribution in [0.5, 0.6) is 17.2 Å². The van der Waals surface area contributed by atoms with Crippen LogP contribution in [-0.4, -0.2) is 25.7 Å². The Labute approximate surface area is 154 Å². The van der Waals surface area contributed by atoms with E-state index in [0.29, 0.717) is 47.2 Å². The third-order valence-corrected chi connectivity index (χ3v) is 4.35. The Kier molecular flexibility index (Phi) is 4.19. The predicted molar refractivity (Wildman–Crippen MR) is 98.3 cm³/mol. The highest BCUT2D eigenvalue weighted by Gasteiger charge is 2.18. The number of carbonyl (C=O) groups is 1. The maximum atomic E-state index is 12.6. The van der Waals surface area contributed by atoms with Gasteiger partial charge in [0, 0.05) is 11.5 Å². The highest BCUT2D eigenvalue weighted by molar-refractivity contribution is 5.88. The second-order valence-electron chi connectivity index (χ2n) is 6.16. The molecule has 0 unspecified atom stereocenters. The molecule has 0 saturated carbocycles. The minimum Gasteiger partial charge on any atom is -0.486 e. The Morgan fingerprint density at radius 1 is 1.11 bits per heavy atom. The van der Waals surface area contributed by atoms with E-state index in [1.807, 2.05) is 13.0 Å². The third-order valence-electron chi connectivity index (χ3n) is 4.35. The number of fused-ring (bicyclic) bond motifs is 2. The summed E-state index contributed by atoms with van der Waals surface area (Å²) in [6, 6.07) is 10.4. The lowest BCUT2D eigenvalue weighted by molar-refractivity contribution is -0.119. The predicted octanol–water partition coefficient (Wildman–Crippen LogP) is 2.40. The van der Waals surface area contributed by atoms with Crippen LogP contribution in [0, 0.1) is 6.92 Å². The molecule has 1 aliphatic rings. The number of rotatable bonds is 4. The lowest BCUT2D eigenvalue weighted by atomic mass is 9.99. The van der Waals surface area contributed by atoms with Crippen LogP contribution < -0.4 is 25.6 Å². The Bertz CT molecular complexity index is 1100. The molecule has 3 aromatic rings. The maximum Gasteiger partial charge on any atom is 0.344 e. The van der Waals surface area contributed by atoms with Gasteiger partial charge in [-0.3, -0.25) is 4.79 Å². The van der Waals surface area contributed by atoms with Gasteiger partial charge in [0.05, 0.1) is 5.56 Å². The summed E-state index contributed by atoms with van der Waals surface area (Å²) in [7, 11) is 0. The smallest absolute Gasteiger partial charge is 0.344 e. The lowest BCUT2D eigenvalue weighted by Gasteiger charge is -2.19. The number of ether oxygens (including phenoxy) is 3. The van der Waals surface area contributed by atoms with Crippen molar-refractivity contribution < 1.29 is 23.4 Å². The van der Waals surface area contributed by atoms with Crippen molar-refractivity contribution in [1.82, 2.24) is 0 Å². The first-order valence-corrected chi connectivity index (χ1v) is 8.41. The lowest BCUT2D eigenvalue weighted by Crippen LogP contribution is -2.20. The van der Waals surface area contributed by atoms with Crippen LogP contribution in [0.2, 0.25) is 0 Å². The molecule has 0 bridgehead atoms. The van der Waals surface area contributed by atoms with E-state index >= 15 is 0 Å². The summed E-state index contributed by atoms with van der Waals surface area (Å²) in [4.78, 5) is 23.5. The fraction of sp³-hybridized carbons (Fsp3) is 0.200. The summed E-state index contributed by atoms with van der Waals surface area (Å²) in [5.41, 5.74) is 6.92. The minimum absolute atomic E-state index is 0.246. The molecule has 2 N–H and O–H groups in total. The number of carbonyl (C=O) groups excluding carboxylic acids is 1. The number of hydrogen-bond acceptors (Lipinski definition) is 6. The van der Waals surface area contributed by atoms with Gasteiger partial charge in [-0.15, -0.1) is 0 Å². The van der Waals surface area contributed by atoms with E-state index in [1.165, 1.54) is 0 Å². The van der Waals surface area contributed by atoms with Gasteiger partial charge in [0.25, 0.3) is 5.91 Å². The molecule has 0 spiro atoms. The van der Waals surface area contributed by atoms with E-state index in [1.54, 1.807) is 30.3 Å². The first-order valence-electron chi connectivity index (χ1n) is 8.41. The highest BCUT2D eigenvalue weighted by atomic mass is 16.6. The molecule has 7 heteroatoms. The zero-order valence-electron chi connectivity index (χ0n) is 14.6. The van der Waals surface area contributed by atoms with Crippen LogP contribution >= 0.6 is 0 Å². The van der Waals surface area contributed by atoms with E-state index in [-0.39, 0.29) is 6.61 Å². The average Bonchev–Trinajstić information content (AvgIpc) is 2.66. The van der Waals surface area contributed by atoms with Crippen molar-refractivity contribution in [3.8, 4) is 28.4 Å². The molecule has 4 rings (SSSR count). The summed E-state index contributed by atoms with van der Waals surface area (Å²) in [6.45, 7) is 2.58. The van der Waals surface area contributed by atoms with Gasteiger partial charge in [-0.2, -0.15) is 0 Å². The van der Waals surface area contributed by atoms with Crippen molar-refractivity contribution in [1.29, 1.82) is 0 Å². The molecule has 1 amide bonds. The van der Waals surface area contributed by atoms with Crippen LogP contribution in [0.4, 0.5) is 0 Å². The standard InChI is InChI=1S/C20H17NO6/c1-11-14-4-3-13(26-10-18(21)22)9-16(14)27-20(23)19(11)12-2-5-15-17(8-12)25-7-6-24-15/h2-5,8-9H,6-7,10H2,1H3,(H2,21,22). The molecule has 7 nitrogen and oxygen atoms in total. The number of benzene rings is 2. The number of amides is 1. The van der Waals surface area contributed by atoms with Crippen molar-refractivity contribution in [2.75, 3.05) is 19.8 Å². The monoisotopic (exact) mass is 367 g/mol. The molecule has 0 radical (unpaired) electrons. The van der Waals surface area contributed by atoms with E-state index in [2.05, 4.69) is 0 Å². The molecule has 2 aromatic carbocycles. The molecule has 0 saturated heterocycles. The quantitative estimate of drug-likeness (QED) is 0.711. The normalized spacial score (nSPS) is 12.8. The van der Waals surface area contributed by atoms with Crippen LogP contribution in [0.25, 0.3) is 22.1 Å². The minimum atomic E-state index is -0.582. The van der Waals surface area contributed by atoms with Crippen LogP contribution in [0.3, 0.4) is 0 Å². The molecule has 0 atom stereocenters. The number of nitrogens with two attached hydrogens (primary N) is 1. The van der Waals surface area contributed by atoms with Crippen molar-refractivity contribution >= 4 is 16.9 Å². The summed E-state index contributed by atoms with van der Waals surface area (Å²) >= 11 is 0. The van der Waals surface area contributed by atoms with Crippen LogP contribution in [0.15, 0.2) is 45.6 Å². The second-order valence-corrected chi connectivity index (χ2v) is 6.16. The number of aryl methyl sites for hydroxylation is 1. The Hall–Kier alpha value is -3.48. The molecule has 138 valence electrons. The van der Waals surface area contributed by atoms with Crippen molar-refractivity contribution in [3.63, 3.8) is 0 Å². The average molecular weight is 367 g/mol. The molecule has 0 aliphatic carbocycles. The van der Waals surface area contributed by atoms with Gasteiger partial charge < -0.3 is 24.4 Å². The molecule has 2 heterocycles. The van der Waals surface area contributed by atoms with Gasteiger partial charge in [0.2, 0.25) is 0 Å². The fourth-order valence-electron chi connectivity index (χ4n) is 3.11. The van der Waals surface area contributed by atoms with Gasteiger partial charge in [-0.1, -0.05) is 6.07 Å². The summed E-state index contributed by atoms with van der Waals surface area (Å²) in [5.74, 6) is 1.08. The van der Waals surface area contributed by atoms with Gasteiger partial charge >= 0.3 is 5.63 Å². The summed E-state index contributed by atoms with van der Waals surface area (Å²) in [6.07, 6.45) is 0. The van der Waals surface area contributed by atoms with E-state index in [0.717, 1.165) is 10.9 Å². The van der Waals surface area contributed by atoms with E-state index < -0.39 is 11.5 Å². The third kappa shape index (κ3) is 3.19. The molecule has 27 heavy (non-hydrogen) atoms. The fourth-order valence-corrected chi connectivity index (χ4v) is 3.11. The molecular weight excluding hydrogens is 350 g/mol.